The van der Waals surface area contributed by atoms with Gasteiger partial charge in [-0.25, -0.2) is 0 Å². The average molecular weight is 380 g/mol. The third kappa shape index (κ3) is 4.39. The number of amides is 1. The van der Waals surface area contributed by atoms with Crippen molar-refractivity contribution in [2.45, 2.75) is 64.5 Å². The fraction of sp³-hybridized carbons (Fsp3) is 0.611. The van der Waals surface area contributed by atoms with Crippen LogP contribution in [0.3, 0.4) is 0 Å². The first-order valence-corrected chi connectivity index (χ1v) is 10.3. The highest BCUT2D eigenvalue weighted by atomic mass is 32.1. The van der Waals surface area contributed by atoms with Crippen molar-refractivity contribution in [2.75, 3.05) is 0 Å². The SMILES string of the molecule is C[C@H]1CCCC[C@H]1NC(=O)CCCCn1c(=S)[nH]c2ccsc2c1=O. The Balaban J connectivity index is 1.49. The lowest BCUT2D eigenvalue weighted by molar-refractivity contribution is -0.122. The van der Waals surface area contributed by atoms with Gasteiger partial charge in [0.15, 0.2) is 4.77 Å². The number of unbranched alkanes of at least 4 members (excludes halogenated alkanes) is 1. The highest BCUT2D eigenvalue weighted by Crippen LogP contribution is 2.23. The first-order chi connectivity index (χ1) is 12.1. The maximum atomic E-state index is 12.4. The number of nitrogens with one attached hydrogen (secondary N) is 2. The van der Waals surface area contributed by atoms with E-state index in [2.05, 4.69) is 17.2 Å². The number of thiophene rings is 1. The van der Waals surface area contributed by atoms with Gasteiger partial charge in [0, 0.05) is 19.0 Å². The normalized spacial score (nSPS) is 20.7. The van der Waals surface area contributed by atoms with E-state index in [1.165, 1.54) is 30.6 Å². The van der Waals surface area contributed by atoms with Gasteiger partial charge in [0.1, 0.15) is 4.70 Å². The van der Waals surface area contributed by atoms with Crippen LogP contribution in [0.15, 0.2) is 16.2 Å². The van der Waals surface area contributed by atoms with E-state index >= 15 is 0 Å². The van der Waals surface area contributed by atoms with Crippen molar-refractivity contribution in [3.05, 3.63) is 26.6 Å². The largest absolute Gasteiger partial charge is 0.353 e. The predicted octanol–water partition coefficient (Wildman–Crippen LogP) is 3.99. The van der Waals surface area contributed by atoms with E-state index in [0.29, 0.717) is 34.4 Å². The number of H-pyrrole nitrogens is 1. The smallest absolute Gasteiger partial charge is 0.272 e. The summed E-state index contributed by atoms with van der Waals surface area (Å²) in [6.07, 6.45) is 6.82. The molecule has 5 nitrogen and oxygen atoms in total. The molecular weight excluding hydrogens is 354 g/mol. The number of aromatic amines is 1. The van der Waals surface area contributed by atoms with Gasteiger partial charge in [0.25, 0.3) is 5.56 Å². The molecule has 136 valence electrons. The van der Waals surface area contributed by atoms with Crippen molar-refractivity contribution < 1.29 is 4.79 Å². The van der Waals surface area contributed by atoms with Gasteiger partial charge in [-0.3, -0.25) is 14.2 Å². The van der Waals surface area contributed by atoms with E-state index in [1.54, 1.807) is 4.57 Å². The van der Waals surface area contributed by atoms with Gasteiger partial charge >= 0.3 is 0 Å². The molecular formula is C18H25N3O2S2. The molecule has 1 aliphatic carbocycles. The Morgan fingerprint density at radius 3 is 3.00 bits per heavy atom. The Labute approximate surface area is 156 Å². The monoisotopic (exact) mass is 379 g/mol. The number of hydrogen-bond donors (Lipinski definition) is 2. The zero-order valence-electron chi connectivity index (χ0n) is 14.5. The molecule has 25 heavy (non-hydrogen) atoms. The van der Waals surface area contributed by atoms with Crippen LogP contribution in [-0.4, -0.2) is 21.5 Å². The second-order valence-corrected chi connectivity index (χ2v) is 8.25. The van der Waals surface area contributed by atoms with E-state index in [-0.39, 0.29) is 11.5 Å². The van der Waals surface area contributed by atoms with Crippen LogP contribution in [0.4, 0.5) is 0 Å². The summed E-state index contributed by atoms with van der Waals surface area (Å²) < 4.78 is 2.77. The number of aromatic nitrogens is 2. The van der Waals surface area contributed by atoms with Crippen molar-refractivity contribution in [3.63, 3.8) is 0 Å². The Kier molecular flexibility index (Phi) is 6.06. The molecule has 2 aromatic rings. The number of fused-ring (bicyclic) bond motifs is 1. The zero-order chi connectivity index (χ0) is 17.8. The van der Waals surface area contributed by atoms with Gasteiger partial charge in [-0.05, 0) is 55.3 Å². The molecule has 0 unspecified atom stereocenters. The summed E-state index contributed by atoms with van der Waals surface area (Å²) in [5.74, 6) is 0.706. The van der Waals surface area contributed by atoms with Crippen LogP contribution in [0.2, 0.25) is 0 Å². The third-order valence-corrected chi connectivity index (χ3v) is 6.31. The number of nitrogens with zero attached hydrogens (tertiary/aromatic N) is 1. The number of carbonyl (C=O) groups is 1. The van der Waals surface area contributed by atoms with Crippen LogP contribution < -0.4 is 10.9 Å². The van der Waals surface area contributed by atoms with E-state index in [1.807, 2.05) is 11.4 Å². The Hall–Kier alpha value is -1.47. The minimum Gasteiger partial charge on any atom is -0.353 e. The fourth-order valence-electron chi connectivity index (χ4n) is 3.54. The molecule has 0 radical (unpaired) electrons. The maximum absolute atomic E-state index is 12.4. The standard InChI is InChI=1S/C18H25N3O2S2/c1-12-6-2-3-7-13(12)19-15(22)8-4-5-10-21-17(23)16-14(9-11-25-16)20-18(21)24/h9,11-13H,2-8,10H2,1H3,(H,19,22)(H,20,24)/t12-,13+/m0/s1. The van der Waals surface area contributed by atoms with Crippen LogP contribution in [0.25, 0.3) is 10.2 Å². The third-order valence-electron chi connectivity index (χ3n) is 5.08. The van der Waals surface area contributed by atoms with Crippen molar-refractivity contribution in [1.29, 1.82) is 0 Å². The molecule has 2 N–H and O–H groups in total. The van der Waals surface area contributed by atoms with Crippen molar-refractivity contribution in [2.24, 2.45) is 5.92 Å². The molecule has 0 bridgehead atoms. The lowest BCUT2D eigenvalue weighted by Crippen LogP contribution is -2.40. The van der Waals surface area contributed by atoms with Crippen LogP contribution >= 0.6 is 23.6 Å². The second kappa shape index (κ2) is 8.27. The number of hydrogen-bond acceptors (Lipinski definition) is 4. The first-order valence-electron chi connectivity index (χ1n) is 9.06. The molecule has 3 rings (SSSR count). The molecule has 0 saturated heterocycles. The summed E-state index contributed by atoms with van der Waals surface area (Å²) >= 11 is 6.71. The molecule has 1 saturated carbocycles. The maximum Gasteiger partial charge on any atom is 0.272 e. The molecule has 2 atom stereocenters. The van der Waals surface area contributed by atoms with Gasteiger partial charge in [-0.15, -0.1) is 11.3 Å². The molecule has 2 heterocycles. The van der Waals surface area contributed by atoms with E-state index in [0.717, 1.165) is 24.8 Å². The van der Waals surface area contributed by atoms with Gasteiger partial charge in [0.2, 0.25) is 5.91 Å². The first kappa shape index (κ1) is 18.3. The lowest BCUT2D eigenvalue weighted by Gasteiger charge is -2.29. The number of carbonyl (C=O) groups excluding carboxylic acids is 1. The summed E-state index contributed by atoms with van der Waals surface area (Å²) in [5, 5.41) is 5.07. The minimum atomic E-state index is -0.0331. The average Bonchev–Trinajstić information content (AvgIpc) is 3.04. The highest BCUT2D eigenvalue weighted by Gasteiger charge is 2.22. The quantitative estimate of drug-likeness (QED) is 0.589. The van der Waals surface area contributed by atoms with Crippen molar-refractivity contribution >= 4 is 39.7 Å². The fourth-order valence-corrected chi connectivity index (χ4v) is 4.62. The van der Waals surface area contributed by atoms with E-state index < -0.39 is 0 Å². The Morgan fingerprint density at radius 1 is 1.40 bits per heavy atom. The molecule has 1 aliphatic rings. The summed E-state index contributed by atoms with van der Waals surface area (Å²) in [7, 11) is 0. The van der Waals surface area contributed by atoms with Crippen LogP contribution in [0, 0.1) is 10.7 Å². The molecule has 7 heteroatoms. The highest BCUT2D eigenvalue weighted by molar-refractivity contribution is 7.71. The predicted molar refractivity (Wildman–Crippen MR) is 105 cm³/mol. The summed E-state index contributed by atoms with van der Waals surface area (Å²) in [5.41, 5.74) is 0.770. The van der Waals surface area contributed by atoms with Gasteiger partial charge in [-0.2, -0.15) is 0 Å². The molecule has 1 amide bonds. The van der Waals surface area contributed by atoms with Crippen LogP contribution in [0.5, 0.6) is 0 Å². The summed E-state index contributed by atoms with van der Waals surface area (Å²) in [6.45, 7) is 2.77. The van der Waals surface area contributed by atoms with E-state index in [9.17, 15) is 9.59 Å². The zero-order valence-corrected chi connectivity index (χ0v) is 16.2. The molecule has 0 spiro atoms. The molecule has 2 aromatic heterocycles. The summed E-state index contributed by atoms with van der Waals surface area (Å²) in [4.78, 5) is 27.7. The van der Waals surface area contributed by atoms with Crippen LogP contribution in [0.1, 0.15) is 51.9 Å². The lowest BCUT2D eigenvalue weighted by atomic mass is 9.86. The van der Waals surface area contributed by atoms with Gasteiger partial charge in [-0.1, -0.05) is 19.8 Å². The van der Waals surface area contributed by atoms with Gasteiger partial charge in [0.05, 0.1) is 5.52 Å². The number of rotatable bonds is 6. The second-order valence-electron chi connectivity index (χ2n) is 6.94. The summed E-state index contributed by atoms with van der Waals surface area (Å²) in [6, 6.07) is 2.21. The minimum absolute atomic E-state index is 0.0331. The van der Waals surface area contributed by atoms with Crippen molar-refractivity contribution in [3.8, 4) is 0 Å². The molecule has 0 aromatic carbocycles. The Morgan fingerprint density at radius 2 is 2.20 bits per heavy atom. The topological polar surface area (TPSA) is 66.9 Å². The molecule has 0 aliphatic heterocycles. The molecule has 1 fully saturated rings. The Bertz CT molecular complexity index is 852. The van der Waals surface area contributed by atoms with Gasteiger partial charge < -0.3 is 10.3 Å². The van der Waals surface area contributed by atoms with Crippen LogP contribution in [-0.2, 0) is 11.3 Å². The van der Waals surface area contributed by atoms with E-state index in [4.69, 9.17) is 12.2 Å². The van der Waals surface area contributed by atoms with Crippen molar-refractivity contribution in [1.82, 2.24) is 14.9 Å².